The van der Waals surface area contributed by atoms with Crippen LogP contribution >= 0.6 is 0 Å². The molecule has 2 aromatic carbocycles. The van der Waals surface area contributed by atoms with Crippen molar-refractivity contribution in [1.29, 1.82) is 5.26 Å². The molecule has 0 aromatic heterocycles. The van der Waals surface area contributed by atoms with Gasteiger partial charge in [0.25, 0.3) is 0 Å². The molecule has 0 atom stereocenters. The molecule has 0 bridgehead atoms. The zero-order valence-corrected chi connectivity index (χ0v) is 12.0. The van der Waals surface area contributed by atoms with Gasteiger partial charge in [-0.05, 0) is 42.0 Å². The van der Waals surface area contributed by atoms with Crippen LogP contribution in [0.25, 0.3) is 0 Å². The Morgan fingerprint density at radius 2 is 1.90 bits per heavy atom. The van der Waals surface area contributed by atoms with Crippen LogP contribution in [0.2, 0.25) is 0 Å². The first kappa shape index (κ1) is 14.6. The number of carbonyl (C=O) groups excluding carboxylic acids is 1. The fourth-order valence-electron chi connectivity index (χ4n) is 1.86. The molecule has 0 saturated carbocycles. The molecule has 0 aliphatic heterocycles. The molecule has 0 amide bonds. The normalized spacial score (nSPS) is 9.76. The van der Waals surface area contributed by atoms with Gasteiger partial charge in [0.15, 0.2) is 0 Å². The van der Waals surface area contributed by atoms with Crippen LogP contribution in [0.4, 0.5) is 5.69 Å². The molecular weight excluding hydrogens is 264 g/mol. The highest BCUT2D eigenvalue weighted by atomic mass is 16.5. The summed E-state index contributed by atoms with van der Waals surface area (Å²) >= 11 is 0. The monoisotopic (exact) mass is 280 g/mol. The van der Waals surface area contributed by atoms with Gasteiger partial charge >= 0.3 is 5.97 Å². The number of esters is 1. The first-order valence-corrected chi connectivity index (χ1v) is 6.53. The second kappa shape index (κ2) is 6.58. The summed E-state index contributed by atoms with van der Waals surface area (Å²) in [5, 5.41) is 8.83. The quantitative estimate of drug-likeness (QED) is 0.808. The molecule has 0 radical (unpaired) electrons. The van der Waals surface area contributed by atoms with Gasteiger partial charge in [-0.3, -0.25) is 0 Å². The van der Waals surface area contributed by atoms with E-state index in [0.717, 1.165) is 11.3 Å². The van der Waals surface area contributed by atoms with E-state index >= 15 is 0 Å². The van der Waals surface area contributed by atoms with Gasteiger partial charge in [0.05, 0.1) is 17.2 Å². The fourth-order valence-corrected chi connectivity index (χ4v) is 1.86. The van der Waals surface area contributed by atoms with Crippen molar-refractivity contribution in [3.63, 3.8) is 0 Å². The average molecular weight is 280 g/mol. The summed E-state index contributed by atoms with van der Waals surface area (Å²) in [6, 6.07) is 16.3. The maximum atomic E-state index is 12.0. The van der Waals surface area contributed by atoms with Crippen molar-refractivity contribution in [1.82, 2.24) is 0 Å². The highest BCUT2D eigenvalue weighted by Crippen LogP contribution is 2.14. The predicted molar refractivity (Wildman–Crippen MR) is 81.0 cm³/mol. The van der Waals surface area contributed by atoms with Gasteiger partial charge in [-0.1, -0.05) is 12.1 Å². The number of benzene rings is 2. The van der Waals surface area contributed by atoms with E-state index in [9.17, 15) is 4.79 Å². The number of nitrogens with zero attached hydrogens (tertiary/aromatic N) is 2. The number of nitriles is 1. The summed E-state index contributed by atoms with van der Waals surface area (Å²) in [6.07, 6.45) is 0. The van der Waals surface area contributed by atoms with Crippen LogP contribution in [0.1, 0.15) is 21.5 Å². The van der Waals surface area contributed by atoms with E-state index in [0.29, 0.717) is 11.1 Å². The minimum atomic E-state index is -0.373. The Morgan fingerprint density at radius 1 is 1.19 bits per heavy atom. The van der Waals surface area contributed by atoms with E-state index in [1.165, 1.54) is 0 Å². The van der Waals surface area contributed by atoms with Crippen LogP contribution in [0, 0.1) is 11.3 Å². The van der Waals surface area contributed by atoms with E-state index in [4.69, 9.17) is 10.00 Å². The summed E-state index contributed by atoms with van der Waals surface area (Å²) in [6.45, 7) is 0.157. The maximum absolute atomic E-state index is 12.0. The van der Waals surface area contributed by atoms with E-state index in [2.05, 4.69) is 6.07 Å². The Bertz CT molecular complexity index is 670. The highest BCUT2D eigenvalue weighted by Gasteiger charge is 2.08. The molecule has 0 saturated heterocycles. The number of rotatable bonds is 4. The van der Waals surface area contributed by atoms with Gasteiger partial charge < -0.3 is 9.64 Å². The minimum Gasteiger partial charge on any atom is -0.457 e. The Kier molecular flexibility index (Phi) is 4.57. The smallest absolute Gasteiger partial charge is 0.338 e. The Hall–Kier alpha value is -2.80. The van der Waals surface area contributed by atoms with E-state index in [1.807, 2.05) is 37.2 Å². The van der Waals surface area contributed by atoms with Gasteiger partial charge in [-0.2, -0.15) is 5.26 Å². The van der Waals surface area contributed by atoms with Crippen LogP contribution in [0.3, 0.4) is 0 Å². The molecule has 4 heteroatoms. The number of ether oxygens (including phenoxy) is 1. The fraction of sp³-hybridized carbons (Fsp3) is 0.176. The lowest BCUT2D eigenvalue weighted by atomic mass is 10.1. The van der Waals surface area contributed by atoms with E-state index in [-0.39, 0.29) is 12.6 Å². The van der Waals surface area contributed by atoms with Gasteiger partial charge in [0.2, 0.25) is 0 Å². The van der Waals surface area contributed by atoms with Crippen molar-refractivity contribution >= 4 is 11.7 Å². The second-order valence-corrected chi connectivity index (χ2v) is 4.83. The molecule has 2 rings (SSSR count). The van der Waals surface area contributed by atoms with Crippen molar-refractivity contribution in [3.05, 3.63) is 65.2 Å². The lowest BCUT2D eigenvalue weighted by molar-refractivity contribution is 0.0472. The van der Waals surface area contributed by atoms with Crippen molar-refractivity contribution in [3.8, 4) is 6.07 Å². The number of hydrogen-bond acceptors (Lipinski definition) is 4. The first-order chi connectivity index (χ1) is 10.1. The number of carbonyl (C=O) groups is 1. The lowest BCUT2D eigenvalue weighted by Gasteiger charge is -2.12. The third kappa shape index (κ3) is 3.83. The second-order valence-electron chi connectivity index (χ2n) is 4.83. The average Bonchev–Trinajstić information content (AvgIpc) is 2.53. The van der Waals surface area contributed by atoms with Crippen molar-refractivity contribution in [2.75, 3.05) is 19.0 Å². The first-order valence-electron chi connectivity index (χ1n) is 6.53. The van der Waals surface area contributed by atoms with Crippen LogP contribution in [-0.2, 0) is 11.3 Å². The zero-order chi connectivity index (χ0) is 15.2. The molecule has 0 fully saturated rings. The minimum absolute atomic E-state index is 0.157. The van der Waals surface area contributed by atoms with E-state index < -0.39 is 0 Å². The Morgan fingerprint density at radius 3 is 2.52 bits per heavy atom. The van der Waals surface area contributed by atoms with Crippen LogP contribution in [0.15, 0.2) is 48.5 Å². The summed E-state index contributed by atoms with van der Waals surface area (Å²) in [5.41, 5.74) is 2.89. The topological polar surface area (TPSA) is 53.3 Å². The predicted octanol–water partition coefficient (Wildman–Crippen LogP) is 2.98. The molecular formula is C17H16N2O2. The Balaban J connectivity index is 1.99. The van der Waals surface area contributed by atoms with Gasteiger partial charge in [-0.25, -0.2) is 4.79 Å². The summed E-state index contributed by atoms with van der Waals surface area (Å²) in [4.78, 5) is 13.9. The lowest BCUT2D eigenvalue weighted by Crippen LogP contribution is -2.09. The van der Waals surface area contributed by atoms with Crippen molar-refractivity contribution in [2.45, 2.75) is 6.61 Å². The van der Waals surface area contributed by atoms with Crippen LogP contribution < -0.4 is 4.90 Å². The molecule has 2 aromatic rings. The SMILES string of the molecule is CN(C)c1ccc(C(=O)OCc2cccc(C#N)c2)cc1. The van der Waals surface area contributed by atoms with Gasteiger partial charge in [-0.15, -0.1) is 0 Å². The van der Waals surface area contributed by atoms with Gasteiger partial charge in [0.1, 0.15) is 6.61 Å². The zero-order valence-electron chi connectivity index (χ0n) is 12.0. The molecule has 0 spiro atoms. The molecule has 0 N–H and O–H groups in total. The number of anilines is 1. The maximum Gasteiger partial charge on any atom is 0.338 e. The highest BCUT2D eigenvalue weighted by molar-refractivity contribution is 5.89. The largest absolute Gasteiger partial charge is 0.457 e. The molecule has 0 heterocycles. The van der Waals surface area contributed by atoms with Crippen LogP contribution in [0.5, 0.6) is 0 Å². The Labute approximate surface area is 124 Å². The van der Waals surface area contributed by atoms with Gasteiger partial charge in [0, 0.05) is 19.8 Å². The van der Waals surface area contributed by atoms with Crippen LogP contribution in [-0.4, -0.2) is 20.1 Å². The molecule has 0 aliphatic rings. The summed E-state index contributed by atoms with van der Waals surface area (Å²) < 4.78 is 5.25. The standard InChI is InChI=1S/C17H16N2O2/c1-19(2)16-8-6-15(7-9-16)17(20)21-12-14-5-3-4-13(10-14)11-18/h3-10H,12H2,1-2H3. The van der Waals surface area contributed by atoms with Crippen molar-refractivity contribution in [2.24, 2.45) is 0 Å². The molecule has 106 valence electrons. The summed E-state index contributed by atoms with van der Waals surface area (Å²) in [7, 11) is 3.88. The molecule has 21 heavy (non-hydrogen) atoms. The molecule has 0 unspecified atom stereocenters. The third-order valence-electron chi connectivity index (χ3n) is 3.05. The third-order valence-corrected chi connectivity index (χ3v) is 3.05. The number of hydrogen-bond donors (Lipinski definition) is 0. The van der Waals surface area contributed by atoms with E-state index in [1.54, 1.807) is 30.3 Å². The summed E-state index contributed by atoms with van der Waals surface area (Å²) in [5.74, 6) is -0.373. The molecule has 4 nitrogen and oxygen atoms in total. The van der Waals surface area contributed by atoms with Crippen molar-refractivity contribution < 1.29 is 9.53 Å². The molecule has 0 aliphatic carbocycles.